The van der Waals surface area contributed by atoms with Gasteiger partial charge >= 0.3 is 0 Å². The first-order valence-electron chi connectivity index (χ1n) is 11.3. The molecule has 160 valence electrons. The van der Waals surface area contributed by atoms with Crippen LogP contribution >= 0.6 is 0 Å². The van der Waals surface area contributed by atoms with E-state index in [0.29, 0.717) is 0 Å². The van der Waals surface area contributed by atoms with Crippen LogP contribution in [0.1, 0.15) is 50.1 Å². The van der Waals surface area contributed by atoms with E-state index in [-0.39, 0.29) is 13.4 Å². The van der Waals surface area contributed by atoms with Gasteiger partial charge < -0.3 is 4.65 Å². The first-order valence-corrected chi connectivity index (χ1v) is 11.3. The second-order valence-corrected chi connectivity index (χ2v) is 9.57. The van der Waals surface area contributed by atoms with Gasteiger partial charge in [0.05, 0.1) is 0 Å². The van der Waals surface area contributed by atoms with Crippen LogP contribution < -0.4 is 16.4 Å². The molecular formula is C28H36B2O. The molecule has 1 nitrogen and oxygen atoms in total. The molecule has 0 aliphatic rings. The molecule has 0 fully saturated rings. The highest BCUT2D eigenvalue weighted by atomic mass is 16.4. The van der Waals surface area contributed by atoms with Gasteiger partial charge in [0, 0.05) is 7.11 Å². The Morgan fingerprint density at radius 1 is 0.452 bits per heavy atom. The van der Waals surface area contributed by atoms with Crippen LogP contribution in [-0.4, -0.2) is 20.5 Å². The number of rotatable bonds is 5. The van der Waals surface area contributed by atoms with Gasteiger partial charge in [-0.3, -0.25) is 0 Å². The maximum atomic E-state index is 6.39. The zero-order valence-corrected chi connectivity index (χ0v) is 21.0. The van der Waals surface area contributed by atoms with Gasteiger partial charge in [0.25, 0.3) is 6.81 Å². The van der Waals surface area contributed by atoms with Crippen molar-refractivity contribution in [2.45, 2.75) is 62.3 Å². The van der Waals surface area contributed by atoms with Crippen LogP contribution in [0.3, 0.4) is 0 Å². The van der Waals surface area contributed by atoms with Crippen LogP contribution in [-0.2, 0) is 4.65 Å². The number of benzene rings is 3. The fourth-order valence-corrected chi connectivity index (χ4v) is 5.87. The summed E-state index contributed by atoms with van der Waals surface area (Å²) in [6, 6.07) is 13.8. The Morgan fingerprint density at radius 2 is 0.710 bits per heavy atom. The van der Waals surface area contributed by atoms with Crippen molar-refractivity contribution in [2.75, 3.05) is 7.11 Å². The molecule has 0 unspecified atom stereocenters. The van der Waals surface area contributed by atoms with Crippen molar-refractivity contribution in [3.8, 4) is 0 Å². The lowest BCUT2D eigenvalue weighted by Gasteiger charge is -2.30. The highest BCUT2D eigenvalue weighted by Gasteiger charge is 2.40. The quantitative estimate of drug-likeness (QED) is 0.555. The van der Waals surface area contributed by atoms with Crippen LogP contribution in [0.5, 0.6) is 0 Å². The zero-order chi connectivity index (χ0) is 23.0. The second kappa shape index (κ2) is 9.09. The highest BCUT2D eigenvalue weighted by Crippen LogP contribution is 2.16. The summed E-state index contributed by atoms with van der Waals surface area (Å²) in [6.45, 7) is 20.1. The van der Waals surface area contributed by atoms with Crippen LogP contribution in [0.25, 0.3) is 0 Å². The van der Waals surface area contributed by atoms with E-state index in [1.165, 1.54) is 66.5 Å². The number of aryl methyl sites for hydroxylation is 9. The highest BCUT2D eigenvalue weighted by molar-refractivity contribution is 7.36. The molecule has 0 saturated heterocycles. The van der Waals surface area contributed by atoms with E-state index in [0.717, 1.165) is 0 Å². The van der Waals surface area contributed by atoms with E-state index >= 15 is 0 Å². The minimum absolute atomic E-state index is 0.0548. The molecule has 0 N–H and O–H groups in total. The summed E-state index contributed by atoms with van der Waals surface area (Å²) in [7, 11) is 1.87. The van der Waals surface area contributed by atoms with Gasteiger partial charge in [0.2, 0.25) is 6.60 Å². The molecule has 0 bridgehead atoms. The van der Waals surface area contributed by atoms with E-state index in [9.17, 15) is 0 Å². The average molecular weight is 410 g/mol. The summed E-state index contributed by atoms with van der Waals surface area (Å²) in [5.41, 5.74) is 16.0. The molecule has 0 aliphatic carbocycles. The van der Waals surface area contributed by atoms with Gasteiger partial charge in [0.15, 0.2) is 0 Å². The Balaban J connectivity index is 2.40. The van der Waals surface area contributed by atoms with E-state index in [1.807, 2.05) is 7.11 Å². The van der Waals surface area contributed by atoms with Gasteiger partial charge in [-0.2, -0.15) is 0 Å². The first-order chi connectivity index (χ1) is 14.5. The van der Waals surface area contributed by atoms with Gasteiger partial charge in [0.1, 0.15) is 0 Å². The molecule has 0 aromatic heterocycles. The molecule has 0 atom stereocenters. The minimum atomic E-state index is -0.0548. The molecule has 3 aromatic rings. The Bertz CT molecular complexity index is 1000. The standard InChI is InChI=1S/C28H36B2O/c1-17-11-20(4)26(21(5)12-17)29(27-22(6)13-18(2)14-23(27)7)30(31-10)28-24(8)15-19(3)16-25(28)9/h11-16H,1-10H3. The van der Waals surface area contributed by atoms with Crippen molar-refractivity contribution < 1.29 is 4.65 Å². The molecule has 0 spiro atoms. The van der Waals surface area contributed by atoms with Crippen molar-refractivity contribution in [1.29, 1.82) is 0 Å². The Morgan fingerprint density at radius 3 is 0.968 bits per heavy atom. The summed E-state index contributed by atoms with van der Waals surface area (Å²) in [6.07, 6.45) is 0. The summed E-state index contributed by atoms with van der Waals surface area (Å²) < 4.78 is 6.39. The molecule has 3 heteroatoms. The lowest BCUT2D eigenvalue weighted by Crippen LogP contribution is -2.64. The van der Waals surface area contributed by atoms with Crippen molar-refractivity contribution in [2.24, 2.45) is 0 Å². The lowest BCUT2D eigenvalue weighted by molar-refractivity contribution is 0.443. The Hall–Kier alpha value is -2.25. The van der Waals surface area contributed by atoms with Gasteiger partial charge in [-0.15, -0.1) is 0 Å². The van der Waals surface area contributed by atoms with Gasteiger partial charge in [-0.05, 0) is 67.8 Å². The van der Waals surface area contributed by atoms with Crippen LogP contribution in [0, 0.1) is 62.3 Å². The summed E-state index contributed by atoms with van der Waals surface area (Å²) in [5.74, 6) is 0. The maximum Gasteiger partial charge on any atom is 0.299 e. The molecule has 3 rings (SSSR count). The Labute approximate surface area is 190 Å². The predicted molar refractivity (Wildman–Crippen MR) is 139 cm³/mol. The van der Waals surface area contributed by atoms with Crippen LogP contribution in [0.4, 0.5) is 0 Å². The topological polar surface area (TPSA) is 9.23 Å². The molecule has 0 heterocycles. The van der Waals surface area contributed by atoms with Crippen LogP contribution in [0.2, 0.25) is 0 Å². The Kier molecular flexibility index (Phi) is 6.86. The summed E-state index contributed by atoms with van der Waals surface area (Å²) in [4.78, 5) is 0. The molecular weight excluding hydrogens is 374 g/mol. The largest absolute Gasteiger partial charge is 0.440 e. The third-order valence-corrected chi connectivity index (χ3v) is 6.68. The maximum absolute atomic E-state index is 6.39. The molecule has 0 radical (unpaired) electrons. The normalized spacial score (nSPS) is 11.0. The average Bonchev–Trinajstić information content (AvgIpc) is 2.61. The molecule has 0 amide bonds. The zero-order valence-electron chi connectivity index (χ0n) is 21.0. The monoisotopic (exact) mass is 410 g/mol. The number of hydrogen-bond donors (Lipinski definition) is 0. The molecule has 31 heavy (non-hydrogen) atoms. The van der Waals surface area contributed by atoms with E-state index in [2.05, 4.69) is 98.7 Å². The second-order valence-electron chi connectivity index (χ2n) is 9.57. The molecule has 3 aromatic carbocycles. The van der Waals surface area contributed by atoms with Gasteiger partial charge in [-0.1, -0.05) is 97.4 Å². The fraction of sp³-hybridized carbons (Fsp3) is 0.357. The smallest absolute Gasteiger partial charge is 0.299 e. The predicted octanol–water partition coefficient (Wildman–Crippen LogP) is 4.69. The fourth-order valence-electron chi connectivity index (χ4n) is 5.87. The molecule has 0 saturated carbocycles. The van der Waals surface area contributed by atoms with E-state index in [1.54, 1.807) is 0 Å². The lowest BCUT2D eigenvalue weighted by atomic mass is 9.09. The van der Waals surface area contributed by atoms with Gasteiger partial charge in [-0.25, -0.2) is 0 Å². The van der Waals surface area contributed by atoms with Crippen molar-refractivity contribution in [3.05, 3.63) is 86.5 Å². The summed E-state index contributed by atoms with van der Waals surface area (Å²) >= 11 is 0. The van der Waals surface area contributed by atoms with Crippen molar-refractivity contribution in [1.82, 2.24) is 0 Å². The first kappa shape index (κ1) is 23.4. The number of hydrogen-bond acceptors (Lipinski definition) is 1. The summed E-state index contributed by atoms with van der Waals surface area (Å²) in [5, 5.41) is 0. The van der Waals surface area contributed by atoms with Crippen molar-refractivity contribution >= 4 is 29.8 Å². The van der Waals surface area contributed by atoms with Crippen LogP contribution in [0.15, 0.2) is 36.4 Å². The SMILES string of the molecule is COB(B(c1c(C)cc(C)cc1C)c1c(C)cc(C)cc1C)c1c(C)cc(C)cc1C. The minimum Gasteiger partial charge on any atom is -0.440 e. The van der Waals surface area contributed by atoms with E-state index in [4.69, 9.17) is 4.65 Å². The third-order valence-electron chi connectivity index (χ3n) is 6.68. The molecule has 0 aliphatic heterocycles. The van der Waals surface area contributed by atoms with Crippen molar-refractivity contribution in [3.63, 3.8) is 0 Å². The third kappa shape index (κ3) is 4.53. The van der Waals surface area contributed by atoms with E-state index < -0.39 is 0 Å².